The Bertz CT molecular complexity index is 175. The standard InChI is InChI=1S/C7H10FNO2/c1-6(8)7(10)9-2-4-11-5-3-9/h1-5H2. The maximum Gasteiger partial charge on any atom is 0.282 e. The predicted molar refractivity (Wildman–Crippen MR) is 37.6 cm³/mol. The number of rotatable bonds is 1. The molecule has 1 aliphatic rings. The fourth-order valence-electron chi connectivity index (χ4n) is 0.938. The summed E-state index contributed by atoms with van der Waals surface area (Å²) >= 11 is 0. The van der Waals surface area contributed by atoms with Crippen LogP contribution in [0.1, 0.15) is 0 Å². The van der Waals surface area contributed by atoms with Crippen LogP contribution in [0.3, 0.4) is 0 Å². The van der Waals surface area contributed by atoms with E-state index in [4.69, 9.17) is 4.74 Å². The molecule has 1 saturated heterocycles. The molecular formula is C7H10FNO2. The van der Waals surface area contributed by atoms with E-state index in [2.05, 4.69) is 6.58 Å². The van der Waals surface area contributed by atoms with Gasteiger partial charge in [-0.05, 0) is 0 Å². The van der Waals surface area contributed by atoms with Crippen LogP contribution in [0.15, 0.2) is 12.4 Å². The minimum Gasteiger partial charge on any atom is -0.378 e. The zero-order valence-corrected chi connectivity index (χ0v) is 6.18. The van der Waals surface area contributed by atoms with Crippen molar-refractivity contribution in [2.24, 2.45) is 0 Å². The fourth-order valence-corrected chi connectivity index (χ4v) is 0.938. The van der Waals surface area contributed by atoms with Gasteiger partial charge < -0.3 is 9.64 Å². The third-order valence-electron chi connectivity index (χ3n) is 1.53. The molecule has 0 bridgehead atoms. The van der Waals surface area contributed by atoms with Crippen LogP contribution in [0.2, 0.25) is 0 Å². The van der Waals surface area contributed by atoms with Gasteiger partial charge in [0.25, 0.3) is 5.91 Å². The van der Waals surface area contributed by atoms with E-state index in [0.717, 1.165) is 0 Å². The van der Waals surface area contributed by atoms with E-state index >= 15 is 0 Å². The Morgan fingerprint density at radius 1 is 1.45 bits per heavy atom. The first-order valence-corrected chi connectivity index (χ1v) is 3.43. The third kappa shape index (κ3) is 2.01. The molecule has 3 nitrogen and oxygen atoms in total. The number of morpholine rings is 1. The van der Waals surface area contributed by atoms with Crippen molar-refractivity contribution in [3.63, 3.8) is 0 Å². The van der Waals surface area contributed by atoms with Crippen LogP contribution >= 0.6 is 0 Å². The predicted octanol–water partition coefficient (Wildman–Crippen LogP) is 0.328. The Hall–Kier alpha value is -0.900. The number of nitrogens with zero attached hydrogens (tertiary/aromatic N) is 1. The van der Waals surface area contributed by atoms with Gasteiger partial charge in [0.05, 0.1) is 13.2 Å². The van der Waals surface area contributed by atoms with Crippen LogP contribution in [0.4, 0.5) is 4.39 Å². The van der Waals surface area contributed by atoms with Gasteiger partial charge in [0.2, 0.25) is 0 Å². The van der Waals surface area contributed by atoms with Gasteiger partial charge in [-0.2, -0.15) is 0 Å². The summed E-state index contributed by atoms with van der Waals surface area (Å²) in [6.07, 6.45) is 0. The molecule has 1 amide bonds. The maximum atomic E-state index is 12.3. The van der Waals surface area contributed by atoms with Crippen molar-refractivity contribution in [2.45, 2.75) is 0 Å². The van der Waals surface area contributed by atoms with Crippen LogP contribution in [0.5, 0.6) is 0 Å². The van der Waals surface area contributed by atoms with Gasteiger partial charge >= 0.3 is 0 Å². The molecule has 0 atom stereocenters. The number of carbonyl (C=O) groups excluding carboxylic acids is 1. The highest BCUT2D eigenvalue weighted by molar-refractivity contribution is 5.90. The van der Waals surface area contributed by atoms with Gasteiger partial charge in [-0.25, -0.2) is 4.39 Å². The van der Waals surface area contributed by atoms with Crippen molar-refractivity contribution >= 4 is 5.91 Å². The molecule has 0 aromatic heterocycles. The zero-order valence-electron chi connectivity index (χ0n) is 6.18. The summed E-state index contributed by atoms with van der Waals surface area (Å²) in [5.41, 5.74) is 0. The number of hydrogen-bond donors (Lipinski definition) is 0. The smallest absolute Gasteiger partial charge is 0.282 e. The maximum absolute atomic E-state index is 12.3. The van der Waals surface area contributed by atoms with Gasteiger partial charge in [-0.3, -0.25) is 4.79 Å². The molecule has 0 aliphatic carbocycles. The molecule has 62 valence electrons. The molecule has 0 N–H and O–H groups in total. The Morgan fingerprint density at radius 3 is 2.45 bits per heavy atom. The molecule has 0 saturated carbocycles. The summed E-state index contributed by atoms with van der Waals surface area (Å²) in [7, 11) is 0. The quantitative estimate of drug-likeness (QED) is 0.516. The minimum atomic E-state index is -0.896. The molecule has 1 rings (SSSR count). The van der Waals surface area contributed by atoms with Crippen LogP contribution in [0.25, 0.3) is 0 Å². The third-order valence-corrected chi connectivity index (χ3v) is 1.53. The molecule has 1 fully saturated rings. The minimum absolute atomic E-state index is 0.460. The van der Waals surface area contributed by atoms with E-state index in [1.165, 1.54) is 4.90 Å². The molecule has 1 heterocycles. The largest absolute Gasteiger partial charge is 0.378 e. The van der Waals surface area contributed by atoms with E-state index in [9.17, 15) is 9.18 Å². The fraction of sp³-hybridized carbons (Fsp3) is 0.571. The lowest BCUT2D eigenvalue weighted by molar-refractivity contribution is -0.132. The van der Waals surface area contributed by atoms with Gasteiger partial charge in [-0.15, -0.1) is 0 Å². The molecule has 1 aliphatic heterocycles. The number of carbonyl (C=O) groups is 1. The first-order chi connectivity index (χ1) is 5.22. The number of hydrogen-bond acceptors (Lipinski definition) is 2. The second-order valence-corrected chi connectivity index (χ2v) is 2.31. The molecule has 0 aromatic carbocycles. The van der Waals surface area contributed by atoms with Crippen LogP contribution in [-0.4, -0.2) is 37.1 Å². The van der Waals surface area contributed by atoms with Gasteiger partial charge in [0.15, 0.2) is 5.83 Å². The molecule has 4 heteroatoms. The van der Waals surface area contributed by atoms with E-state index in [0.29, 0.717) is 26.3 Å². The molecule has 0 unspecified atom stereocenters. The second kappa shape index (κ2) is 3.48. The number of halogens is 1. The van der Waals surface area contributed by atoms with Crippen molar-refractivity contribution in [1.29, 1.82) is 0 Å². The van der Waals surface area contributed by atoms with Crippen molar-refractivity contribution in [2.75, 3.05) is 26.3 Å². The average molecular weight is 159 g/mol. The summed E-state index contributed by atoms with van der Waals surface area (Å²) in [4.78, 5) is 12.3. The second-order valence-electron chi connectivity index (χ2n) is 2.31. The first-order valence-electron chi connectivity index (χ1n) is 3.43. The summed E-state index contributed by atoms with van der Waals surface area (Å²) in [6, 6.07) is 0. The normalized spacial score (nSPS) is 18.1. The molecule has 11 heavy (non-hydrogen) atoms. The topological polar surface area (TPSA) is 29.5 Å². The molecule has 0 spiro atoms. The van der Waals surface area contributed by atoms with E-state index in [1.54, 1.807) is 0 Å². The summed E-state index contributed by atoms with van der Waals surface area (Å²) in [6.45, 7) is 4.82. The lowest BCUT2D eigenvalue weighted by Crippen LogP contribution is -2.40. The Labute approximate surface area is 64.4 Å². The lowest BCUT2D eigenvalue weighted by atomic mass is 10.4. The van der Waals surface area contributed by atoms with Gasteiger partial charge in [-0.1, -0.05) is 6.58 Å². The van der Waals surface area contributed by atoms with Crippen molar-refractivity contribution in [3.8, 4) is 0 Å². The van der Waals surface area contributed by atoms with Crippen LogP contribution in [-0.2, 0) is 9.53 Å². The number of amides is 1. The highest BCUT2D eigenvalue weighted by Crippen LogP contribution is 2.03. The van der Waals surface area contributed by atoms with Crippen LogP contribution in [0, 0.1) is 0 Å². The first kappa shape index (κ1) is 8.20. The van der Waals surface area contributed by atoms with Crippen molar-refractivity contribution in [1.82, 2.24) is 4.90 Å². The van der Waals surface area contributed by atoms with E-state index in [1.807, 2.05) is 0 Å². The van der Waals surface area contributed by atoms with Crippen molar-refractivity contribution in [3.05, 3.63) is 12.4 Å². The Balaban J connectivity index is 2.45. The van der Waals surface area contributed by atoms with Gasteiger partial charge in [0.1, 0.15) is 0 Å². The van der Waals surface area contributed by atoms with Crippen LogP contribution < -0.4 is 0 Å². The molecular weight excluding hydrogens is 149 g/mol. The van der Waals surface area contributed by atoms with Gasteiger partial charge in [0, 0.05) is 13.1 Å². The highest BCUT2D eigenvalue weighted by atomic mass is 19.1. The van der Waals surface area contributed by atoms with E-state index in [-0.39, 0.29) is 0 Å². The Morgan fingerprint density at radius 2 is 2.00 bits per heavy atom. The zero-order chi connectivity index (χ0) is 8.27. The SMILES string of the molecule is C=C(F)C(=O)N1CCOCC1. The molecule has 0 aromatic rings. The monoisotopic (exact) mass is 159 g/mol. The summed E-state index contributed by atoms with van der Waals surface area (Å²) in [5, 5.41) is 0. The highest BCUT2D eigenvalue weighted by Gasteiger charge is 2.18. The lowest BCUT2D eigenvalue weighted by Gasteiger charge is -2.25. The average Bonchev–Trinajstić information content (AvgIpc) is 2.05. The number of ether oxygens (including phenoxy) is 1. The van der Waals surface area contributed by atoms with E-state index < -0.39 is 11.7 Å². The Kier molecular flexibility index (Phi) is 2.59. The summed E-state index contributed by atoms with van der Waals surface area (Å²) < 4.78 is 17.2. The summed E-state index contributed by atoms with van der Waals surface area (Å²) in [5.74, 6) is -1.51. The van der Waals surface area contributed by atoms with Crippen molar-refractivity contribution < 1.29 is 13.9 Å². The molecule has 0 radical (unpaired) electrons.